The van der Waals surface area contributed by atoms with Gasteiger partial charge in [0.1, 0.15) is 29.2 Å². The molecule has 2 atom stereocenters. The second kappa shape index (κ2) is 10.0. The van der Waals surface area contributed by atoms with Gasteiger partial charge in [0, 0.05) is 37.2 Å². The van der Waals surface area contributed by atoms with Crippen molar-refractivity contribution in [1.29, 1.82) is 0 Å². The third kappa shape index (κ3) is 6.17. The first-order valence-electron chi connectivity index (χ1n) is 11.7. The lowest BCUT2D eigenvalue weighted by Gasteiger charge is -2.23. The fraction of sp³-hybridized carbons (Fsp3) is 0.565. The summed E-state index contributed by atoms with van der Waals surface area (Å²) in [5.74, 6) is 0.107. The maximum absolute atomic E-state index is 12.9. The molecule has 0 unspecified atom stereocenters. The van der Waals surface area contributed by atoms with E-state index in [-0.39, 0.29) is 35.8 Å². The average molecular weight is 493 g/mol. The number of carbonyl (C=O) groups excluding carboxylic acids is 2. The van der Waals surface area contributed by atoms with Gasteiger partial charge in [-0.25, -0.2) is 14.5 Å². The number of hydrogen-bond donors (Lipinski definition) is 3. The number of rotatable bonds is 2. The predicted molar refractivity (Wildman–Crippen MR) is 123 cm³/mol. The van der Waals surface area contributed by atoms with Crippen molar-refractivity contribution in [3.63, 3.8) is 0 Å². The Bertz CT molecular complexity index is 1080. The monoisotopic (exact) mass is 492 g/mol. The minimum Gasteiger partial charge on any atom is -0.446 e. The standard InChI is InChI=1S/C23H30F2N6O4/c1-23(2,3)31-19-12-16(30-31)13-5-6-14(9-13)35-22(33)27-8-4-7-26-20(32)17-10-15(34-21(24)25)11-18(28-17)29-19/h10-14,21H,4-9H2,1-3H3,(H,26,32)(H,27,33)(H,28,29)/t13-,14+/m0/s1. The largest absolute Gasteiger partial charge is 0.446 e. The number of anilines is 2. The Hall–Kier alpha value is -3.44. The van der Waals surface area contributed by atoms with Crippen LogP contribution in [-0.4, -0.2) is 52.6 Å². The Morgan fingerprint density at radius 2 is 1.91 bits per heavy atom. The van der Waals surface area contributed by atoms with Gasteiger partial charge in [0.2, 0.25) is 0 Å². The summed E-state index contributed by atoms with van der Waals surface area (Å²) < 4.78 is 37.8. The summed E-state index contributed by atoms with van der Waals surface area (Å²) in [6.45, 7) is 3.45. The van der Waals surface area contributed by atoms with Crippen LogP contribution in [0.5, 0.6) is 5.75 Å². The topological polar surface area (TPSA) is 119 Å². The average Bonchev–Trinajstić information content (AvgIpc) is 3.39. The van der Waals surface area contributed by atoms with Gasteiger partial charge in [-0.3, -0.25) is 4.79 Å². The first-order chi connectivity index (χ1) is 16.6. The summed E-state index contributed by atoms with van der Waals surface area (Å²) in [4.78, 5) is 29.1. The number of fused-ring (bicyclic) bond motifs is 7. The molecule has 2 aromatic heterocycles. The highest BCUT2D eigenvalue weighted by molar-refractivity contribution is 5.93. The second-order valence-electron chi connectivity index (χ2n) is 9.69. The summed E-state index contributed by atoms with van der Waals surface area (Å²) in [5.41, 5.74) is 0.332. The Kier molecular flexibility index (Phi) is 7.08. The van der Waals surface area contributed by atoms with Crippen LogP contribution in [-0.2, 0) is 10.3 Å². The lowest BCUT2D eigenvalue weighted by Crippen LogP contribution is -2.32. The number of halogens is 2. The summed E-state index contributed by atoms with van der Waals surface area (Å²) >= 11 is 0. The molecule has 3 heterocycles. The van der Waals surface area contributed by atoms with Gasteiger partial charge in [-0.2, -0.15) is 13.9 Å². The Morgan fingerprint density at radius 1 is 1.14 bits per heavy atom. The quantitative estimate of drug-likeness (QED) is 0.582. The zero-order valence-corrected chi connectivity index (χ0v) is 19.9. The smallest absolute Gasteiger partial charge is 0.407 e. The van der Waals surface area contributed by atoms with Gasteiger partial charge in [-0.05, 0) is 46.5 Å². The van der Waals surface area contributed by atoms with Gasteiger partial charge in [0.15, 0.2) is 0 Å². The van der Waals surface area contributed by atoms with Gasteiger partial charge in [-0.1, -0.05) is 0 Å². The number of pyridine rings is 1. The molecular weight excluding hydrogens is 462 g/mol. The van der Waals surface area contributed by atoms with E-state index in [1.807, 2.05) is 26.8 Å². The molecule has 1 aliphatic carbocycles. The minimum absolute atomic E-state index is 0.0835. The maximum Gasteiger partial charge on any atom is 0.407 e. The van der Waals surface area contributed by atoms with Crippen molar-refractivity contribution in [3.05, 3.63) is 29.6 Å². The van der Waals surface area contributed by atoms with Crippen LogP contribution in [0, 0.1) is 0 Å². The highest BCUT2D eigenvalue weighted by Gasteiger charge is 2.32. The highest BCUT2D eigenvalue weighted by Crippen LogP contribution is 2.38. The van der Waals surface area contributed by atoms with Crippen molar-refractivity contribution in [2.45, 2.75) is 70.6 Å². The Morgan fingerprint density at radius 3 is 2.66 bits per heavy atom. The number of alkyl carbamates (subject to hydrolysis) is 1. The molecule has 2 aliphatic rings. The van der Waals surface area contributed by atoms with Crippen LogP contribution < -0.4 is 20.7 Å². The molecule has 3 N–H and O–H groups in total. The molecule has 190 valence electrons. The highest BCUT2D eigenvalue weighted by atomic mass is 19.3. The number of amides is 2. The number of nitrogens with zero attached hydrogens (tertiary/aromatic N) is 3. The van der Waals surface area contributed by atoms with E-state index in [2.05, 4.69) is 25.7 Å². The molecule has 1 fully saturated rings. The molecule has 1 aliphatic heterocycles. The Balaban J connectivity index is 1.72. The fourth-order valence-electron chi connectivity index (χ4n) is 4.27. The van der Waals surface area contributed by atoms with E-state index < -0.39 is 24.2 Å². The molecule has 0 radical (unpaired) electrons. The fourth-order valence-corrected chi connectivity index (χ4v) is 4.27. The number of aromatic nitrogens is 3. The van der Waals surface area contributed by atoms with Gasteiger partial charge in [0.25, 0.3) is 5.91 Å². The molecule has 0 saturated heterocycles. The van der Waals surface area contributed by atoms with Crippen LogP contribution in [0.25, 0.3) is 0 Å². The molecule has 12 heteroatoms. The first kappa shape index (κ1) is 24.7. The first-order valence-corrected chi connectivity index (χ1v) is 11.7. The van der Waals surface area contributed by atoms with Crippen molar-refractivity contribution in [2.75, 3.05) is 18.4 Å². The third-order valence-electron chi connectivity index (χ3n) is 5.86. The van der Waals surface area contributed by atoms with Crippen LogP contribution in [0.15, 0.2) is 18.2 Å². The molecule has 35 heavy (non-hydrogen) atoms. The predicted octanol–water partition coefficient (Wildman–Crippen LogP) is 3.87. The van der Waals surface area contributed by atoms with Gasteiger partial charge < -0.3 is 25.4 Å². The minimum atomic E-state index is -3.06. The summed E-state index contributed by atoms with van der Waals surface area (Å²) in [6.07, 6.45) is 1.96. The van der Waals surface area contributed by atoms with E-state index in [9.17, 15) is 18.4 Å². The van der Waals surface area contributed by atoms with Crippen LogP contribution in [0.1, 0.15) is 68.6 Å². The van der Waals surface area contributed by atoms with Crippen LogP contribution >= 0.6 is 0 Å². The normalized spacial score (nSPS) is 21.3. The third-order valence-corrected chi connectivity index (χ3v) is 5.86. The molecular formula is C23H30F2N6O4. The molecule has 2 amide bonds. The number of nitrogens with one attached hydrogen (secondary N) is 3. The molecule has 4 rings (SSSR count). The van der Waals surface area contributed by atoms with Crippen molar-refractivity contribution in [2.24, 2.45) is 0 Å². The lowest BCUT2D eigenvalue weighted by atomic mass is 10.0. The molecule has 6 bridgehead atoms. The van der Waals surface area contributed by atoms with Gasteiger partial charge >= 0.3 is 12.7 Å². The summed E-state index contributed by atoms with van der Waals surface area (Å²) in [6, 6.07) is 4.35. The molecule has 10 nitrogen and oxygen atoms in total. The van der Waals surface area contributed by atoms with E-state index >= 15 is 0 Å². The Labute approximate surface area is 201 Å². The zero-order valence-electron chi connectivity index (χ0n) is 19.9. The summed E-state index contributed by atoms with van der Waals surface area (Å²) in [5, 5.41) is 13.3. The number of hydrogen-bond acceptors (Lipinski definition) is 7. The second-order valence-corrected chi connectivity index (χ2v) is 9.69. The number of carbonyl (C=O) groups is 2. The number of ether oxygens (including phenoxy) is 2. The molecule has 0 spiro atoms. The van der Waals surface area contributed by atoms with Crippen molar-refractivity contribution in [3.8, 4) is 5.75 Å². The molecule has 0 aromatic carbocycles. The lowest BCUT2D eigenvalue weighted by molar-refractivity contribution is -0.0498. The molecule has 2 aromatic rings. The van der Waals surface area contributed by atoms with Crippen LogP contribution in [0.3, 0.4) is 0 Å². The molecule has 1 saturated carbocycles. The van der Waals surface area contributed by atoms with Crippen molar-refractivity contribution < 1.29 is 27.8 Å². The van der Waals surface area contributed by atoms with Crippen LogP contribution in [0.2, 0.25) is 0 Å². The number of alkyl halides is 2. The van der Waals surface area contributed by atoms with Crippen molar-refractivity contribution >= 4 is 23.6 Å². The van der Waals surface area contributed by atoms with Crippen molar-refractivity contribution in [1.82, 2.24) is 25.4 Å². The maximum atomic E-state index is 12.9. The van der Waals surface area contributed by atoms with E-state index in [0.717, 1.165) is 24.6 Å². The van der Waals surface area contributed by atoms with Crippen LogP contribution in [0.4, 0.5) is 25.2 Å². The SMILES string of the molecule is CC(C)(C)n1nc2cc1Nc1cc(OC(F)F)cc(n1)C(=O)NCCCNC(=O)O[C@@H]1CC[C@H]2C1. The van der Waals surface area contributed by atoms with E-state index in [4.69, 9.17) is 9.84 Å². The van der Waals surface area contributed by atoms with E-state index in [1.54, 1.807) is 4.68 Å². The van der Waals surface area contributed by atoms with E-state index in [1.165, 1.54) is 6.07 Å². The van der Waals surface area contributed by atoms with Gasteiger partial charge in [-0.15, -0.1) is 0 Å². The summed E-state index contributed by atoms with van der Waals surface area (Å²) in [7, 11) is 0. The van der Waals surface area contributed by atoms with Gasteiger partial charge in [0.05, 0.1) is 11.2 Å². The zero-order chi connectivity index (χ0) is 25.2. The van der Waals surface area contributed by atoms with E-state index in [0.29, 0.717) is 25.2 Å².